The molecule has 2 nitrogen and oxygen atoms in total. The Hall–Kier alpha value is -0.860. The van der Waals surface area contributed by atoms with Crippen LogP contribution in [0.25, 0.3) is 0 Å². The molecule has 1 unspecified atom stereocenters. The van der Waals surface area contributed by atoms with Gasteiger partial charge in [0.2, 0.25) is 0 Å². The van der Waals surface area contributed by atoms with Crippen LogP contribution in [-0.4, -0.2) is 37.6 Å². The molecule has 1 aliphatic carbocycles. The monoisotopic (exact) mass is 272 g/mol. The maximum Gasteiger partial charge on any atom is 0.0139 e. The number of hydrogen-bond donors (Lipinski definition) is 1. The first-order chi connectivity index (χ1) is 9.86. The Morgan fingerprint density at radius 1 is 1.10 bits per heavy atom. The Morgan fingerprint density at radius 2 is 1.85 bits per heavy atom. The van der Waals surface area contributed by atoms with Gasteiger partial charge in [-0.2, -0.15) is 0 Å². The van der Waals surface area contributed by atoms with Crippen molar-refractivity contribution in [2.75, 3.05) is 26.7 Å². The van der Waals surface area contributed by atoms with Crippen molar-refractivity contribution in [3.8, 4) is 0 Å². The highest BCUT2D eigenvalue weighted by Crippen LogP contribution is 2.28. The summed E-state index contributed by atoms with van der Waals surface area (Å²) in [4.78, 5) is 2.77. The predicted molar refractivity (Wildman–Crippen MR) is 85.1 cm³/mol. The molecule has 0 saturated carbocycles. The fourth-order valence-corrected chi connectivity index (χ4v) is 3.95. The molecule has 0 radical (unpaired) electrons. The van der Waals surface area contributed by atoms with E-state index < -0.39 is 0 Å². The van der Waals surface area contributed by atoms with Gasteiger partial charge in [-0.25, -0.2) is 0 Å². The molecule has 1 atom stereocenters. The normalized spacial score (nSPS) is 24.6. The number of fused-ring (bicyclic) bond motifs is 1. The zero-order valence-corrected chi connectivity index (χ0v) is 12.8. The van der Waals surface area contributed by atoms with Crippen LogP contribution >= 0.6 is 0 Å². The number of hydrogen-bond acceptors (Lipinski definition) is 2. The molecule has 110 valence electrons. The summed E-state index contributed by atoms with van der Waals surface area (Å²) in [6.45, 7) is 3.82. The molecule has 1 fully saturated rings. The molecule has 1 aromatic rings. The summed E-state index contributed by atoms with van der Waals surface area (Å²) in [5.74, 6) is 0.953. The molecule has 1 heterocycles. The number of piperidine rings is 1. The molecule has 1 aromatic carbocycles. The second-order valence-electron chi connectivity index (χ2n) is 6.54. The third-order valence-electron chi connectivity index (χ3n) is 5.29. The molecular weight excluding hydrogens is 244 g/mol. The summed E-state index contributed by atoms with van der Waals surface area (Å²) in [6.07, 6.45) is 8.08. The largest absolute Gasteiger partial charge is 0.320 e. The van der Waals surface area contributed by atoms with E-state index in [1.54, 1.807) is 11.1 Å². The molecule has 2 heteroatoms. The van der Waals surface area contributed by atoms with Crippen molar-refractivity contribution in [1.82, 2.24) is 10.2 Å². The maximum absolute atomic E-state index is 3.29. The van der Waals surface area contributed by atoms with E-state index in [2.05, 4.69) is 41.5 Å². The number of benzene rings is 1. The van der Waals surface area contributed by atoms with Gasteiger partial charge in [-0.05, 0) is 82.3 Å². The summed E-state index contributed by atoms with van der Waals surface area (Å²) < 4.78 is 0. The Labute approximate surface area is 123 Å². The van der Waals surface area contributed by atoms with Crippen molar-refractivity contribution >= 4 is 0 Å². The van der Waals surface area contributed by atoms with Gasteiger partial charge in [0.15, 0.2) is 0 Å². The van der Waals surface area contributed by atoms with Crippen LogP contribution in [0.5, 0.6) is 0 Å². The van der Waals surface area contributed by atoms with E-state index in [4.69, 9.17) is 0 Å². The Morgan fingerprint density at radius 3 is 2.60 bits per heavy atom. The highest BCUT2D eigenvalue weighted by molar-refractivity contribution is 5.30. The van der Waals surface area contributed by atoms with E-state index in [0.717, 1.165) is 12.0 Å². The lowest BCUT2D eigenvalue weighted by Gasteiger charge is -2.39. The molecule has 20 heavy (non-hydrogen) atoms. The SMILES string of the molecule is CNCCC1CCN(C2CCc3ccccc3C2)CC1. The maximum atomic E-state index is 3.29. The van der Waals surface area contributed by atoms with E-state index in [-0.39, 0.29) is 0 Å². The highest BCUT2D eigenvalue weighted by Gasteiger charge is 2.27. The van der Waals surface area contributed by atoms with Crippen LogP contribution in [0.3, 0.4) is 0 Å². The van der Waals surface area contributed by atoms with Crippen LogP contribution in [-0.2, 0) is 12.8 Å². The average molecular weight is 272 g/mol. The lowest BCUT2D eigenvalue weighted by atomic mass is 9.85. The molecular formula is C18H28N2. The molecule has 0 amide bonds. The van der Waals surface area contributed by atoms with Crippen molar-refractivity contribution in [1.29, 1.82) is 0 Å². The van der Waals surface area contributed by atoms with Gasteiger partial charge in [-0.3, -0.25) is 0 Å². The number of likely N-dealkylation sites (tertiary alicyclic amines) is 1. The Balaban J connectivity index is 1.52. The van der Waals surface area contributed by atoms with Gasteiger partial charge in [-0.1, -0.05) is 24.3 Å². The summed E-state index contributed by atoms with van der Waals surface area (Å²) in [7, 11) is 2.06. The highest BCUT2D eigenvalue weighted by atomic mass is 15.2. The predicted octanol–water partition coefficient (Wildman–Crippen LogP) is 2.87. The fraction of sp³-hybridized carbons (Fsp3) is 0.667. The van der Waals surface area contributed by atoms with Crippen molar-refractivity contribution in [3.63, 3.8) is 0 Å². The van der Waals surface area contributed by atoms with Crippen LogP contribution in [0, 0.1) is 5.92 Å². The molecule has 1 N–H and O–H groups in total. The van der Waals surface area contributed by atoms with Crippen LogP contribution in [0.2, 0.25) is 0 Å². The molecule has 3 rings (SSSR count). The van der Waals surface area contributed by atoms with Gasteiger partial charge in [0, 0.05) is 6.04 Å². The van der Waals surface area contributed by atoms with Crippen LogP contribution in [0.1, 0.15) is 36.8 Å². The summed E-state index contributed by atoms with van der Waals surface area (Å²) in [5.41, 5.74) is 3.19. The van der Waals surface area contributed by atoms with Gasteiger partial charge < -0.3 is 10.2 Å². The first-order valence-electron chi connectivity index (χ1n) is 8.32. The lowest BCUT2D eigenvalue weighted by Crippen LogP contribution is -2.44. The van der Waals surface area contributed by atoms with Crippen molar-refractivity contribution in [2.24, 2.45) is 5.92 Å². The molecule has 2 aliphatic rings. The number of nitrogens with one attached hydrogen (secondary N) is 1. The third-order valence-corrected chi connectivity index (χ3v) is 5.29. The third kappa shape index (κ3) is 3.24. The lowest BCUT2D eigenvalue weighted by molar-refractivity contribution is 0.119. The zero-order chi connectivity index (χ0) is 13.8. The van der Waals surface area contributed by atoms with E-state index in [1.165, 1.54) is 58.2 Å². The smallest absolute Gasteiger partial charge is 0.0139 e. The molecule has 0 bridgehead atoms. The molecule has 1 saturated heterocycles. The van der Waals surface area contributed by atoms with E-state index in [0.29, 0.717) is 0 Å². The first kappa shape index (κ1) is 14.1. The van der Waals surface area contributed by atoms with E-state index in [1.807, 2.05) is 0 Å². The number of aryl methyl sites for hydroxylation is 1. The topological polar surface area (TPSA) is 15.3 Å². The minimum absolute atomic E-state index is 0.801. The minimum atomic E-state index is 0.801. The quantitative estimate of drug-likeness (QED) is 0.906. The zero-order valence-electron chi connectivity index (χ0n) is 12.8. The van der Waals surface area contributed by atoms with Gasteiger partial charge in [0.25, 0.3) is 0 Å². The average Bonchev–Trinajstić information content (AvgIpc) is 2.53. The summed E-state index contributed by atoms with van der Waals surface area (Å²) >= 11 is 0. The van der Waals surface area contributed by atoms with Crippen LogP contribution in [0.4, 0.5) is 0 Å². The fourth-order valence-electron chi connectivity index (χ4n) is 3.95. The second-order valence-corrected chi connectivity index (χ2v) is 6.54. The standard InChI is InChI=1S/C18H28N2/c1-19-11-8-15-9-12-20(13-10-15)18-7-6-16-4-2-3-5-17(16)14-18/h2-5,15,18-19H,6-14H2,1H3. The van der Waals surface area contributed by atoms with Gasteiger partial charge in [0.1, 0.15) is 0 Å². The van der Waals surface area contributed by atoms with Gasteiger partial charge in [-0.15, -0.1) is 0 Å². The van der Waals surface area contributed by atoms with Crippen molar-refractivity contribution < 1.29 is 0 Å². The van der Waals surface area contributed by atoms with Gasteiger partial charge >= 0.3 is 0 Å². The molecule has 0 spiro atoms. The Kier molecular flexibility index (Phi) is 4.74. The first-order valence-corrected chi connectivity index (χ1v) is 8.32. The molecule has 0 aromatic heterocycles. The second kappa shape index (κ2) is 6.73. The van der Waals surface area contributed by atoms with Crippen LogP contribution in [0.15, 0.2) is 24.3 Å². The van der Waals surface area contributed by atoms with Crippen molar-refractivity contribution in [2.45, 2.75) is 44.6 Å². The molecule has 1 aliphatic heterocycles. The summed E-state index contributed by atoms with van der Waals surface area (Å²) in [6, 6.07) is 9.84. The van der Waals surface area contributed by atoms with Crippen molar-refractivity contribution in [3.05, 3.63) is 35.4 Å². The summed E-state index contributed by atoms with van der Waals surface area (Å²) in [5, 5.41) is 3.29. The minimum Gasteiger partial charge on any atom is -0.320 e. The number of rotatable bonds is 4. The number of nitrogens with zero attached hydrogens (tertiary/aromatic N) is 1. The Bertz CT molecular complexity index is 421. The van der Waals surface area contributed by atoms with Crippen LogP contribution < -0.4 is 5.32 Å². The van der Waals surface area contributed by atoms with E-state index >= 15 is 0 Å². The van der Waals surface area contributed by atoms with E-state index in [9.17, 15) is 0 Å². The van der Waals surface area contributed by atoms with Gasteiger partial charge in [0.05, 0.1) is 0 Å².